The molecule has 1 aromatic rings. The number of hydrogen-bond donors (Lipinski definition) is 1. The first-order valence-corrected chi connectivity index (χ1v) is 8.46. The Balaban J connectivity index is 1.91. The van der Waals surface area contributed by atoms with Crippen LogP contribution in [0.3, 0.4) is 0 Å². The van der Waals surface area contributed by atoms with Gasteiger partial charge in [-0.15, -0.1) is 0 Å². The Hall–Kier alpha value is -2.41. The molecule has 7 nitrogen and oxygen atoms in total. The molecule has 136 valence electrons. The van der Waals surface area contributed by atoms with E-state index in [1.54, 1.807) is 29.2 Å². The first-order valence-electron chi connectivity index (χ1n) is 8.46. The lowest BCUT2D eigenvalue weighted by atomic mass is 10.1. The Labute approximate surface area is 148 Å². The molecule has 25 heavy (non-hydrogen) atoms. The van der Waals surface area contributed by atoms with Crippen molar-refractivity contribution >= 4 is 23.4 Å². The molecule has 1 saturated heterocycles. The van der Waals surface area contributed by atoms with E-state index in [0.29, 0.717) is 43.9 Å². The summed E-state index contributed by atoms with van der Waals surface area (Å²) in [7, 11) is 3.89. The number of rotatable bonds is 5. The zero-order valence-corrected chi connectivity index (χ0v) is 15.1. The molecule has 0 radical (unpaired) electrons. The van der Waals surface area contributed by atoms with Gasteiger partial charge in [0.1, 0.15) is 0 Å². The van der Waals surface area contributed by atoms with Crippen LogP contribution in [0.25, 0.3) is 0 Å². The zero-order chi connectivity index (χ0) is 18.4. The average Bonchev–Trinajstić information content (AvgIpc) is 2.59. The number of carbonyl (C=O) groups excluding carboxylic acids is 3. The van der Waals surface area contributed by atoms with E-state index in [4.69, 9.17) is 0 Å². The maximum Gasteiger partial charge on any atom is 0.254 e. The topological polar surface area (TPSA) is 73.0 Å². The number of anilines is 1. The van der Waals surface area contributed by atoms with Crippen molar-refractivity contribution in [3.8, 4) is 0 Å². The van der Waals surface area contributed by atoms with Crippen molar-refractivity contribution in [3.63, 3.8) is 0 Å². The van der Waals surface area contributed by atoms with Gasteiger partial charge in [-0.2, -0.15) is 0 Å². The van der Waals surface area contributed by atoms with Crippen LogP contribution < -0.4 is 5.32 Å². The van der Waals surface area contributed by atoms with Crippen molar-refractivity contribution in [2.24, 2.45) is 0 Å². The van der Waals surface area contributed by atoms with E-state index in [-0.39, 0.29) is 17.7 Å². The summed E-state index contributed by atoms with van der Waals surface area (Å²) in [6, 6.07) is 6.92. The van der Waals surface area contributed by atoms with Crippen LogP contribution >= 0.6 is 0 Å². The second-order valence-corrected chi connectivity index (χ2v) is 6.49. The van der Waals surface area contributed by atoms with Crippen LogP contribution in [0.2, 0.25) is 0 Å². The van der Waals surface area contributed by atoms with Crippen molar-refractivity contribution < 1.29 is 14.4 Å². The monoisotopic (exact) mass is 346 g/mol. The second-order valence-electron chi connectivity index (χ2n) is 6.49. The number of carbonyl (C=O) groups is 3. The van der Waals surface area contributed by atoms with Gasteiger partial charge < -0.3 is 20.0 Å². The molecule has 1 aliphatic rings. The smallest absolute Gasteiger partial charge is 0.254 e. The van der Waals surface area contributed by atoms with Gasteiger partial charge in [0, 0.05) is 57.3 Å². The van der Waals surface area contributed by atoms with Crippen LogP contribution in [0.5, 0.6) is 0 Å². The summed E-state index contributed by atoms with van der Waals surface area (Å²) in [5.74, 6) is -0.115. The highest BCUT2D eigenvalue weighted by Crippen LogP contribution is 2.14. The lowest BCUT2D eigenvalue weighted by Crippen LogP contribution is -2.50. The van der Waals surface area contributed by atoms with E-state index >= 15 is 0 Å². The number of nitrogens with one attached hydrogen (secondary N) is 1. The SMILES string of the molecule is CC(=O)Nc1cccc(C(=O)N2CCN(C(=O)CCN(C)C)CC2)c1. The molecule has 2 rings (SSSR count). The van der Waals surface area contributed by atoms with Gasteiger partial charge in [0.25, 0.3) is 5.91 Å². The van der Waals surface area contributed by atoms with Gasteiger partial charge in [0.2, 0.25) is 11.8 Å². The van der Waals surface area contributed by atoms with E-state index in [1.165, 1.54) is 6.92 Å². The molecular formula is C18H26N4O3. The van der Waals surface area contributed by atoms with Gasteiger partial charge in [0.05, 0.1) is 0 Å². The second kappa shape index (κ2) is 8.62. The fraction of sp³-hybridized carbons (Fsp3) is 0.500. The molecule has 0 spiro atoms. The molecule has 0 aromatic heterocycles. The van der Waals surface area contributed by atoms with Crippen LogP contribution in [-0.4, -0.2) is 79.2 Å². The summed E-state index contributed by atoms with van der Waals surface area (Å²) in [6.07, 6.45) is 0.500. The third-order valence-electron chi connectivity index (χ3n) is 4.12. The average molecular weight is 346 g/mol. The van der Waals surface area contributed by atoms with Crippen molar-refractivity contribution in [3.05, 3.63) is 29.8 Å². The molecule has 0 atom stereocenters. The normalized spacial score (nSPS) is 14.6. The van der Waals surface area contributed by atoms with Gasteiger partial charge in [-0.25, -0.2) is 0 Å². The molecule has 1 aromatic carbocycles. The molecule has 0 saturated carbocycles. The summed E-state index contributed by atoms with van der Waals surface area (Å²) in [5, 5.41) is 2.68. The Bertz CT molecular complexity index is 637. The molecule has 0 bridgehead atoms. The number of nitrogens with zero attached hydrogens (tertiary/aromatic N) is 3. The van der Waals surface area contributed by atoms with Crippen molar-refractivity contribution in [1.82, 2.24) is 14.7 Å². The van der Waals surface area contributed by atoms with Crippen molar-refractivity contribution in [1.29, 1.82) is 0 Å². The lowest BCUT2D eigenvalue weighted by Gasteiger charge is -2.35. The van der Waals surface area contributed by atoms with E-state index < -0.39 is 0 Å². The van der Waals surface area contributed by atoms with Crippen LogP contribution in [-0.2, 0) is 9.59 Å². The predicted molar refractivity (Wildman–Crippen MR) is 96.4 cm³/mol. The molecule has 1 heterocycles. The number of benzene rings is 1. The Morgan fingerprint density at radius 3 is 2.32 bits per heavy atom. The summed E-state index contributed by atoms with van der Waals surface area (Å²) in [6.45, 7) is 4.33. The lowest BCUT2D eigenvalue weighted by molar-refractivity contribution is -0.132. The third-order valence-corrected chi connectivity index (χ3v) is 4.12. The Kier molecular flexibility index (Phi) is 6.52. The standard InChI is InChI=1S/C18H26N4O3/c1-14(23)19-16-6-4-5-15(13-16)18(25)22-11-9-21(10-12-22)17(24)7-8-20(2)3/h4-6,13H,7-12H2,1-3H3,(H,19,23). The van der Waals surface area contributed by atoms with Gasteiger partial charge in [0.15, 0.2) is 0 Å². The van der Waals surface area contributed by atoms with Gasteiger partial charge in [-0.1, -0.05) is 6.07 Å². The fourth-order valence-electron chi connectivity index (χ4n) is 2.75. The van der Waals surface area contributed by atoms with E-state index in [1.807, 2.05) is 23.9 Å². The first kappa shape index (κ1) is 18.9. The Morgan fingerprint density at radius 2 is 1.72 bits per heavy atom. The maximum absolute atomic E-state index is 12.6. The molecule has 1 N–H and O–H groups in total. The Morgan fingerprint density at radius 1 is 1.08 bits per heavy atom. The minimum absolute atomic E-state index is 0.0763. The summed E-state index contributed by atoms with van der Waals surface area (Å²) in [4.78, 5) is 41.5. The summed E-state index contributed by atoms with van der Waals surface area (Å²) < 4.78 is 0. The number of hydrogen-bond acceptors (Lipinski definition) is 4. The molecule has 7 heteroatoms. The zero-order valence-electron chi connectivity index (χ0n) is 15.1. The molecular weight excluding hydrogens is 320 g/mol. The van der Waals surface area contributed by atoms with Crippen molar-refractivity contribution in [2.75, 3.05) is 52.1 Å². The molecule has 0 aliphatic carbocycles. The van der Waals surface area contributed by atoms with Gasteiger partial charge in [-0.05, 0) is 32.3 Å². The van der Waals surface area contributed by atoms with Crippen LogP contribution in [0.4, 0.5) is 5.69 Å². The summed E-state index contributed by atoms with van der Waals surface area (Å²) in [5.41, 5.74) is 1.15. The van der Waals surface area contributed by atoms with Gasteiger partial charge in [-0.3, -0.25) is 14.4 Å². The summed E-state index contributed by atoms with van der Waals surface area (Å²) >= 11 is 0. The molecule has 1 aliphatic heterocycles. The maximum atomic E-state index is 12.6. The van der Waals surface area contributed by atoms with E-state index in [9.17, 15) is 14.4 Å². The molecule has 1 fully saturated rings. The van der Waals surface area contributed by atoms with E-state index in [2.05, 4.69) is 5.32 Å². The highest BCUT2D eigenvalue weighted by atomic mass is 16.2. The number of piperazine rings is 1. The minimum Gasteiger partial charge on any atom is -0.339 e. The van der Waals surface area contributed by atoms with Crippen LogP contribution in [0, 0.1) is 0 Å². The van der Waals surface area contributed by atoms with Crippen LogP contribution in [0.1, 0.15) is 23.7 Å². The van der Waals surface area contributed by atoms with Gasteiger partial charge >= 0.3 is 0 Å². The highest BCUT2D eigenvalue weighted by Gasteiger charge is 2.24. The fourth-order valence-corrected chi connectivity index (χ4v) is 2.75. The predicted octanol–water partition coefficient (Wildman–Crippen LogP) is 0.881. The largest absolute Gasteiger partial charge is 0.339 e. The number of amides is 3. The highest BCUT2D eigenvalue weighted by molar-refractivity contribution is 5.97. The first-order chi connectivity index (χ1) is 11.9. The van der Waals surface area contributed by atoms with Crippen molar-refractivity contribution in [2.45, 2.75) is 13.3 Å². The minimum atomic E-state index is -0.172. The molecule has 0 unspecified atom stereocenters. The quantitative estimate of drug-likeness (QED) is 0.859. The molecule has 3 amide bonds. The third kappa shape index (κ3) is 5.56. The van der Waals surface area contributed by atoms with E-state index in [0.717, 1.165) is 6.54 Å². The van der Waals surface area contributed by atoms with Crippen LogP contribution in [0.15, 0.2) is 24.3 Å².